The van der Waals surface area contributed by atoms with Crippen LogP contribution in [0.2, 0.25) is 0 Å². The third-order valence-electron chi connectivity index (χ3n) is 3.98. The second kappa shape index (κ2) is 5.19. The van der Waals surface area contributed by atoms with Crippen LogP contribution in [0.4, 0.5) is 5.69 Å². The Bertz CT molecular complexity index is 409. The van der Waals surface area contributed by atoms with Gasteiger partial charge >= 0.3 is 0 Å². The number of nitrogens with zero attached hydrogens (tertiary/aromatic N) is 1. The molecule has 1 saturated carbocycles. The molecule has 0 spiro atoms. The molecule has 0 unspecified atom stereocenters. The van der Waals surface area contributed by atoms with E-state index in [0.29, 0.717) is 0 Å². The molecule has 1 aliphatic rings. The molecule has 1 aromatic carbocycles. The number of hydrogen-bond donors (Lipinski definition) is 1. The highest BCUT2D eigenvalue weighted by atomic mass is 16.5. The summed E-state index contributed by atoms with van der Waals surface area (Å²) in [5, 5.41) is 0. The second-order valence-electron chi connectivity index (χ2n) is 5.50. The molecule has 0 aromatic heterocycles. The van der Waals surface area contributed by atoms with Gasteiger partial charge in [0.1, 0.15) is 5.75 Å². The lowest BCUT2D eigenvalue weighted by Gasteiger charge is -2.35. The Balaban J connectivity index is 2.42. The van der Waals surface area contributed by atoms with Crippen molar-refractivity contribution in [3.63, 3.8) is 0 Å². The van der Waals surface area contributed by atoms with Crippen LogP contribution < -0.4 is 15.4 Å². The number of anilines is 1. The van der Waals surface area contributed by atoms with Gasteiger partial charge in [0.25, 0.3) is 0 Å². The highest BCUT2D eigenvalue weighted by Gasteiger charge is 2.32. The zero-order valence-electron chi connectivity index (χ0n) is 11.7. The molecule has 0 amide bonds. The maximum absolute atomic E-state index is 6.63. The third-order valence-corrected chi connectivity index (χ3v) is 3.98. The van der Waals surface area contributed by atoms with Crippen LogP contribution in [-0.2, 0) is 5.54 Å². The number of nitrogens with two attached hydrogens (primary N) is 1. The topological polar surface area (TPSA) is 38.5 Å². The minimum absolute atomic E-state index is 0.213. The third kappa shape index (κ3) is 2.46. The van der Waals surface area contributed by atoms with Gasteiger partial charge in [0.15, 0.2) is 0 Å². The SMILES string of the molecule is COc1ccc(N(C)C)cc1C1(N)CCCCC1. The van der Waals surface area contributed by atoms with Crippen LogP contribution in [0.15, 0.2) is 18.2 Å². The largest absolute Gasteiger partial charge is 0.496 e. The van der Waals surface area contributed by atoms with Crippen LogP contribution in [0.25, 0.3) is 0 Å². The van der Waals surface area contributed by atoms with Crippen LogP contribution in [0.3, 0.4) is 0 Å². The summed E-state index contributed by atoms with van der Waals surface area (Å²) < 4.78 is 5.50. The van der Waals surface area contributed by atoms with Crippen molar-refractivity contribution in [3.8, 4) is 5.75 Å². The van der Waals surface area contributed by atoms with Crippen molar-refractivity contribution in [3.05, 3.63) is 23.8 Å². The molecule has 18 heavy (non-hydrogen) atoms. The van der Waals surface area contributed by atoms with Gasteiger partial charge in [-0.25, -0.2) is 0 Å². The highest BCUT2D eigenvalue weighted by molar-refractivity contribution is 5.54. The quantitative estimate of drug-likeness (QED) is 0.894. The number of ether oxygens (including phenoxy) is 1. The molecule has 0 heterocycles. The van der Waals surface area contributed by atoms with Crippen molar-refractivity contribution in [2.45, 2.75) is 37.6 Å². The Morgan fingerprint density at radius 2 is 1.83 bits per heavy atom. The maximum atomic E-state index is 6.63. The van der Waals surface area contributed by atoms with E-state index in [1.807, 2.05) is 6.07 Å². The first-order valence-electron chi connectivity index (χ1n) is 6.71. The number of hydrogen-bond acceptors (Lipinski definition) is 3. The highest BCUT2D eigenvalue weighted by Crippen LogP contribution is 2.40. The van der Waals surface area contributed by atoms with Crippen molar-refractivity contribution in [2.75, 3.05) is 26.1 Å². The number of methoxy groups -OCH3 is 1. The summed E-state index contributed by atoms with van der Waals surface area (Å²) in [5.74, 6) is 0.921. The van der Waals surface area contributed by atoms with E-state index in [2.05, 4.69) is 31.1 Å². The maximum Gasteiger partial charge on any atom is 0.124 e. The molecule has 1 aromatic rings. The first kappa shape index (κ1) is 13.2. The van der Waals surface area contributed by atoms with Crippen molar-refractivity contribution >= 4 is 5.69 Å². The van der Waals surface area contributed by atoms with E-state index in [0.717, 1.165) is 24.2 Å². The molecule has 0 radical (unpaired) electrons. The normalized spacial score (nSPS) is 18.4. The lowest BCUT2D eigenvalue weighted by Crippen LogP contribution is -2.39. The van der Waals surface area contributed by atoms with Gasteiger partial charge in [-0.05, 0) is 31.0 Å². The molecule has 2 N–H and O–H groups in total. The molecular weight excluding hydrogens is 224 g/mol. The Morgan fingerprint density at radius 3 is 2.39 bits per heavy atom. The average molecular weight is 248 g/mol. The van der Waals surface area contributed by atoms with Crippen LogP contribution in [0.1, 0.15) is 37.7 Å². The summed E-state index contributed by atoms with van der Waals surface area (Å²) in [6.45, 7) is 0. The molecule has 1 fully saturated rings. The van der Waals surface area contributed by atoms with Gasteiger partial charge in [0.2, 0.25) is 0 Å². The van der Waals surface area contributed by atoms with Gasteiger partial charge < -0.3 is 15.4 Å². The first-order chi connectivity index (χ1) is 8.57. The lowest BCUT2D eigenvalue weighted by molar-refractivity contribution is 0.289. The molecule has 0 saturated heterocycles. The summed E-state index contributed by atoms with van der Waals surface area (Å²) in [7, 11) is 5.83. The van der Waals surface area contributed by atoms with Crippen molar-refractivity contribution in [1.29, 1.82) is 0 Å². The summed E-state index contributed by atoms with van der Waals surface area (Å²) in [6.07, 6.45) is 5.84. The molecule has 1 aliphatic carbocycles. The fourth-order valence-corrected chi connectivity index (χ4v) is 2.82. The van der Waals surface area contributed by atoms with E-state index in [1.54, 1.807) is 7.11 Å². The summed E-state index contributed by atoms with van der Waals surface area (Å²) in [5.41, 5.74) is 8.76. The summed E-state index contributed by atoms with van der Waals surface area (Å²) >= 11 is 0. The molecule has 2 rings (SSSR count). The van der Waals surface area contributed by atoms with E-state index in [1.165, 1.54) is 24.9 Å². The Kier molecular flexibility index (Phi) is 3.81. The predicted molar refractivity (Wildman–Crippen MR) is 76.3 cm³/mol. The molecule has 0 aliphatic heterocycles. The van der Waals surface area contributed by atoms with Crippen molar-refractivity contribution in [1.82, 2.24) is 0 Å². The Morgan fingerprint density at radius 1 is 1.17 bits per heavy atom. The average Bonchev–Trinajstić information content (AvgIpc) is 2.38. The fraction of sp³-hybridized carbons (Fsp3) is 0.600. The minimum Gasteiger partial charge on any atom is -0.496 e. The first-order valence-corrected chi connectivity index (χ1v) is 6.71. The van der Waals surface area contributed by atoms with Gasteiger partial charge in [0.05, 0.1) is 7.11 Å². The summed E-state index contributed by atoms with van der Waals surface area (Å²) in [4.78, 5) is 2.11. The molecule has 100 valence electrons. The standard InChI is InChI=1S/C15H24N2O/c1-17(2)12-7-8-14(18-3)13(11-12)15(16)9-5-4-6-10-15/h7-8,11H,4-6,9-10,16H2,1-3H3. The lowest BCUT2D eigenvalue weighted by atomic mass is 9.77. The zero-order chi connectivity index (χ0) is 13.2. The number of benzene rings is 1. The fourth-order valence-electron chi connectivity index (χ4n) is 2.82. The van der Waals surface area contributed by atoms with Crippen LogP contribution in [-0.4, -0.2) is 21.2 Å². The molecular formula is C15H24N2O. The van der Waals surface area contributed by atoms with Gasteiger partial charge in [-0.3, -0.25) is 0 Å². The minimum atomic E-state index is -0.213. The van der Waals surface area contributed by atoms with Gasteiger partial charge in [-0.15, -0.1) is 0 Å². The number of rotatable bonds is 3. The molecule has 3 nitrogen and oxygen atoms in total. The molecule has 3 heteroatoms. The zero-order valence-corrected chi connectivity index (χ0v) is 11.7. The van der Waals surface area contributed by atoms with Crippen molar-refractivity contribution < 1.29 is 4.74 Å². The molecule has 0 atom stereocenters. The van der Waals surface area contributed by atoms with E-state index in [9.17, 15) is 0 Å². The molecule has 0 bridgehead atoms. The van der Waals surface area contributed by atoms with Crippen LogP contribution in [0, 0.1) is 0 Å². The smallest absolute Gasteiger partial charge is 0.124 e. The van der Waals surface area contributed by atoms with Gasteiger partial charge in [-0.2, -0.15) is 0 Å². The monoisotopic (exact) mass is 248 g/mol. The van der Waals surface area contributed by atoms with Crippen molar-refractivity contribution in [2.24, 2.45) is 5.73 Å². The predicted octanol–water partition coefficient (Wildman–Crippen LogP) is 2.88. The van der Waals surface area contributed by atoms with E-state index in [-0.39, 0.29) is 5.54 Å². The van der Waals surface area contributed by atoms with Gasteiger partial charge in [0, 0.05) is 30.9 Å². The second-order valence-corrected chi connectivity index (χ2v) is 5.50. The Labute approximate surface area is 110 Å². The van der Waals surface area contributed by atoms with Crippen LogP contribution in [0.5, 0.6) is 5.75 Å². The van der Waals surface area contributed by atoms with E-state index >= 15 is 0 Å². The summed E-state index contributed by atoms with van der Waals surface area (Å²) in [6, 6.07) is 6.30. The van der Waals surface area contributed by atoms with Gasteiger partial charge in [-0.1, -0.05) is 19.3 Å². The van der Waals surface area contributed by atoms with E-state index in [4.69, 9.17) is 10.5 Å². The van der Waals surface area contributed by atoms with E-state index < -0.39 is 0 Å². The Hall–Kier alpha value is -1.22. The van der Waals surface area contributed by atoms with Crippen LogP contribution >= 0.6 is 0 Å².